The SMILES string of the molecule is CC1(C)OB(c2cc(F)cnc2N2CCCCC2)OC1(C)C. The number of aromatic nitrogens is 1. The van der Waals surface area contributed by atoms with Gasteiger partial charge < -0.3 is 14.2 Å². The van der Waals surface area contributed by atoms with Gasteiger partial charge in [0.15, 0.2) is 0 Å². The Morgan fingerprint density at radius 1 is 1.09 bits per heavy atom. The molecule has 0 bridgehead atoms. The van der Waals surface area contributed by atoms with Gasteiger partial charge in [-0.25, -0.2) is 9.37 Å². The minimum Gasteiger partial charge on any atom is -0.399 e. The molecule has 0 aliphatic carbocycles. The standard InChI is InChI=1S/C16H24BFN2O2/c1-15(2)16(3,4)22-17(21-15)13-10-12(18)11-19-14(13)20-8-6-5-7-9-20/h10-11H,5-9H2,1-4H3. The lowest BCUT2D eigenvalue weighted by molar-refractivity contribution is 0.00578. The summed E-state index contributed by atoms with van der Waals surface area (Å²) >= 11 is 0. The van der Waals surface area contributed by atoms with Crippen LogP contribution < -0.4 is 10.4 Å². The number of nitrogens with zero attached hydrogens (tertiary/aromatic N) is 2. The van der Waals surface area contributed by atoms with Crippen LogP contribution in [0.25, 0.3) is 0 Å². The van der Waals surface area contributed by atoms with Gasteiger partial charge in [-0.2, -0.15) is 0 Å². The monoisotopic (exact) mass is 306 g/mol. The van der Waals surface area contributed by atoms with Crippen molar-refractivity contribution in [1.29, 1.82) is 0 Å². The third-order valence-electron chi connectivity index (χ3n) is 5.02. The van der Waals surface area contributed by atoms with Crippen molar-refractivity contribution >= 4 is 18.4 Å². The fourth-order valence-electron chi connectivity index (χ4n) is 2.96. The first-order valence-electron chi connectivity index (χ1n) is 8.06. The van der Waals surface area contributed by atoms with Crippen molar-refractivity contribution in [2.24, 2.45) is 0 Å². The van der Waals surface area contributed by atoms with Crippen LogP contribution in [-0.4, -0.2) is 36.4 Å². The Bertz CT molecular complexity index is 543. The highest BCUT2D eigenvalue weighted by atomic mass is 19.1. The van der Waals surface area contributed by atoms with Gasteiger partial charge in [-0.05, 0) is 53.0 Å². The van der Waals surface area contributed by atoms with Crippen LogP contribution in [-0.2, 0) is 9.31 Å². The summed E-state index contributed by atoms with van der Waals surface area (Å²) in [6, 6.07) is 1.50. The quantitative estimate of drug-likeness (QED) is 0.786. The van der Waals surface area contributed by atoms with Crippen LogP contribution in [0.15, 0.2) is 12.3 Å². The fraction of sp³-hybridized carbons (Fsp3) is 0.688. The number of pyridine rings is 1. The molecule has 0 unspecified atom stereocenters. The highest BCUT2D eigenvalue weighted by molar-refractivity contribution is 6.63. The second kappa shape index (κ2) is 5.50. The van der Waals surface area contributed by atoms with Crippen molar-refractivity contribution < 1.29 is 13.7 Å². The van der Waals surface area contributed by atoms with Gasteiger partial charge in [0.25, 0.3) is 0 Å². The molecule has 0 aromatic carbocycles. The van der Waals surface area contributed by atoms with E-state index in [0.717, 1.165) is 31.7 Å². The van der Waals surface area contributed by atoms with E-state index in [0.29, 0.717) is 5.46 Å². The molecule has 22 heavy (non-hydrogen) atoms. The third kappa shape index (κ3) is 2.74. The molecule has 0 spiro atoms. The average Bonchev–Trinajstić information content (AvgIpc) is 2.68. The third-order valence-corrected chi connectivity index (χ3v) is 5.02. The van der Waals surface area contributed by atoms with Gasteiger partial charge in [0.1, 0.15) is 11.6 Å². The van der Waals surface area contributed by atoms with Gasteiger partial charge in [-0.3, -0.25) is 0 Å². The molecule has 0 radical (unpaired) electrons. The fourth-order valence-corrected chi connectivity index (χ4v) is 2.96. The van der Waals surface area contributed by atoms with Crippen molar-refractivity contribution in [1.82, 2.24) is 4.98 Å². The zero-order valence-corrected chi connectivity index (χ0v) is 13.9. The molecule has 2 aliphatic rings. The lowest BCUT2D eigenvalue weighted by atomic mass is 9.78. The lowest BCUT2D eigenvalue weighted by Gasteiger charge is -2.32. The molecule has 120 valence electrons. The van der Waals surface area contributed by atoms with E-state index in [1.807, 2.05) is 27.7 Å². The summed E-state index contributed by atoms with van der Waals surface area (Å²) in [6.07, 6.45) is 4.80. The maximum atomic E-state index is 13.8. The van der Waals surface area contributed by atoms with E-state index >= 15 is 0 Å². The van der Waals surface area contributed by atoms with E-state index in [4.69, 9.17) is 9.31 Å². The Morgan fingerprint density at radius 2 is 1.68 bits per heavy atom. The van der Waals surface area contributed by atoms with Crippen LogP contribution >= 0.6 is 0 Å². The summed E-state index contributed by atoms with van der Waals surface area (Å²) in [7, 11) is -0.579. The van der Waals surface area contributed by atoms with Crippen molar-refractivity contribution in [2.75, 3.05) is 18.0 Å². The zero-order valence-electron chi connectivity index (χ0n) is 13.9. The molecule has 2 saturated heterocycles. The van der Waals surface area contributed by atoms with E-state index in [9.17, 15) is 4.39 Å². The number of anilines is 1. The average molecular weight is 306 g/mol. The van der Waals surface area contributed by atoms with Crippen LogP contribution in [0.5, 0.6) is 0 Å². The van der Waals surface area contributed by atoms with Gasteiger partial charge in [0, 0.05) is 18.6 Å². The molecule has 4 nitrogen and oxygen atoms in total. The van der Waals surface area contributed by atoms with Crippen molar-refractivity contribution in [3.8, 4) is 0 Å². The number of hydrogen-bond acceptors (Lipinski definition) is 4. The predicted molar refractivity (Wildman–Crippen MR) is 86.0 cm³/mol. The van der Waals surface area contributed by atoms with Crippen LogP contribution in [0.4, 0.5) is 10.2 Å². The van der Waals surface area contributed by atoms with E-state index in [1.54, 1.807) is 0 Å². The Hall–Kier alpha value is -1.14. The van der Waals surface area contributed by atoms with Crippen LogP contribution in [0.1, 0.15) is 47.0 Å². The van der Waals surface area contributed by atoms with E-state index < -0.39 is 18.3 Å². The minimum atomic E-state index is -0.579. The van der Waals surface area contributed by atoms with E-state index in [1.165, 1.54) is 18.7 Å². The molecule has 2 aliphatic heterocycles. The molecule has 6 heteroatoms. The van der Waals surface area contributed by atoms with Gasteiger partial charge in [0.05, 0.1) is 17.4 Å². The van der Waals surface area contributed by atoms with Crippen molar-refractivity contribution in [3.63, 3.8) is 0 Å². The summed E-state index contributed by atoms with van der Waals surface area (Å²) in [5.74, 6) is 0.435. The van der Waals surface area contributed by atoms with Gasteiger partial charge >= 0.3 is 7.12 Å². The molecule has 0 atom stereocenters. The van der Waals surface area contributed by atoms with Crippen molar-refractivity contribution in [2.45, 2.75) is 58.2 Å². The van der Waals surface area contributed by atoms with Gasteiger partial charge in [0.2, 0.25) is 0 Å². The van der Waals surface area contributed by atoms with Crippen molar-refractivity contribution in [3.05, 3.63) is 18.1 Å². The predicted octanol–water partition coefficient (Wildman–Crippen LogP) is 2.51. The molecular formula is C16H24BFN2O2. The van der Waals surface area contributed by atoms with Gasteiger partial charge in [-0.1, -0.05) is 0 Å². The Labute approximate surface area is 132 Å². The molecule has 2 fully saturated rings. The maximum absolute atomic E-state index is 13.8. The van der Waals surface area contributed by atoms with E-state index in [-0.39, 0.29) is 5.82 Å². The normalized spacial score (nSPS) is 23.9. The minimum absolute atomic E-state index is 0.356. The smallest absolute Gasteiger partial charge is 0.399 e. The molecule has 3 rings (SSSR count). The highest BCUT2D eigenvalue weighted by Crippen LogP contribution is 2.37. The van der Waals surface area contributed by atoms with E-state index in [2.05, 4.69) is 9.88 Å². The maximum Gasteiger partial charge on any atom is 0.498 e. The van der Waals surface area contributed by atoms with Crippen LogP contribution in [0.3, 0.4) is 0 Å². The molecule has 0 saturated carbocycles. The summed E-state index contributed by atoms with van der Waals surface area (Å²) in [5.41, 5.74) is -0.188. The highest BCUT2D eigenvalue weighted by Gasteiger charge is 2.52. The van der Waals surface area contributed by atoms with Crippen LogP contribution in [0.2, 0.25) is 0 Å². The molecule has 0 N–H and O–H groups in total. The number of piperidine rings is 1. The number of halogens is 1. The van der Waals surface area contributed by atoms with Crippen LogP contribution in [0, 0.1) is 5.82 Å². The Morgan fingerprint density at radius 3 is 2.27 bits per heavy atom. The molecule has 3 heterocycles. The molecular weight excluding hydrogens is 282 g/mol. The molecule has 1 aromatic rings. The topological polar surface area (TPSA) is 34.6 Å². The Balaban J connectivity index is 1.94. The number of rotatable bonds is 2. The zero-order chi connectivity index (χ0) is 16.0. The summed E-state index contributed by atoms with van der Waals surface area (Å²) in [6.45, 7) is 9.90. The summed E-state index contributed by atoms with van der Waals surface area (Å²) in [5, 5.41) is 0. The second-order valence-electron chi connectivity index (χ2n) is 7.20. The number of hydrogen-bond donors (Lipinski definition) is 0. The lowest BCUT2D eigenvalue weighted by Crippen LogP contribution is -2.42. The first-order chi connectivity index (χ1) is 10.3. The first kappa shape index (κ1) is 15.7. The summed E-state index contributed by atoms with van der Waals surface area (Å²) in [4.78, 5) is 6.54. The second-order valence-corrected chi connectivity index (χ2v) is 7.20. The first-order valence-corrected chi connectivity index (χ1v) is 8.06. The molecule has 0 amide bonds. The van der Waals surface area contributed by atoms with Gasteiger partial charge in [-0.15, -0.1) is 0 Å². The summed E-state index contributed by atoms with van der Waals surface area (Å²) < 4.78 is 25.9. The molecule has 1 aromatic heterocycles. The largest absolute Gasteiger partial charge is 0.498 e. The Kier molecular flexibility index (Phi) is 3.93.